The van der Waals surface area contributed by atoms with E-state index in [0.717, 1.165) is 28.7 Å². The lowest BCUT2D eigenvalue weighted by molar-refractivity contribution is 0.595. The second-order valence-electron chi connectivity index (χ2n) is 4.85. The van der Waals surface area contributed by atoms with Crippen LogP contribution in [0, 0.1) is 5.82 Å². The van der Waals surface area contributed by atoms with E-state index in [1.165, 1.54) is 12.3 Å². The Bertz CT molecular complexity index is 740. The molecule has 0 saturated heterocycles. The number of benzene rings is 1. The summed E-state index contributed by atoms with van der Waals surface area (Å²) < 4.78 is 13.1. The first-order valence-corrected chi connectivity index (χ1v) is 6.97. The van der Waals surface area contributed by atoms with Crippen molar-refractivity contribution < 1.29 is 4.39 Å². The number of rotatable bonds is 4. The number of hydrogen-bond donors (Lipinski definition) is 1. The minimum atomic E-state index is -0.325. The summed E-state index contributed by atoms with van der Waals surface area (Å²) in [5.74, 6) is -0.325. The molecule has 0 aliphatic rings. The molecule has 0 fully saturated rings. The van der Waals surface area contributed by atoms with Crippen LogP contribution in [0.15, 0.2) is 54.9 Å². The number of hydrogen-bond acceptors (Lipinski definition) is 3. The van der Waals surface area contributed by atoms with E-state index in [2.05, 4.69) is 21.4 Å². The lowest BCUT2D eigenvalue weighted by atomic mass is 10.0. The fourth-order valence-electron chi connectivity index (χ4n) is 2.42. The van der Waals surface area contributed by atoms with Gasteiger partial charge in [0.2, 0.25) is 0 Å². The molecule has 4 heteroatoms. The molecule has 0 saturated carbocycles. The molecule has 0 spiro atoms. The fourth-order valence-corrected chi connectivity index (χ4v) is 2.42. The quantitative estimate of drug-likeness (QED) is 0.795. The molecule has 1 N–H and O–H groups in total. The van der Waals surface area contributed by atoms with Gasteiger partial charge < -0.3 is 5.32 Å². The number of fused-ring (bicyclic) bond motifs is 1. The van der Waals surface area contributed by atoms with Crippen molar-refractivity contribution in [1.29, 1.82) is 0 Å². The van der Waals surface area contributed by atoms with Crippen molar-refractivity contribution in [1.82, 2.24) is 15.3 Å². The molecule has 0 aliphatic carbocycles. The number of aromatic nitrogens is 2. The summed E-state index contributed by atoms with van der Waals surface area (Å²) in [7, 11) is 0. The van der Waals surface area contributed by atoms with Gasteiger partial charge in [0.25, 0.3) is 0 Å². The summed E-state index contributed by atoms with van der Waals surface area (Å²) in [6.07, 6.45) is 3.03. The Labute approximate surface area is 122 Å². The minimum Gasteiger partial charge on any atom is -0.305 e. The Balaban J connectivity index is 2.04. The smallest absolute Gasteiger partial charge is 0.141 e. The van der Waals surface area contributed by atoms with Gasteiger partial charge in [-0.2, -0.15) is 0 Å². The molecule has 21 heavy (non-hydrogen) atoms. The third-order valence-corrected chi connectivity index (χ3v) is 3.42. The maximum atomic E-state index is 13.1. The highest BCUT2D eigenvalue weighted by Crippen LogP contribution is 2.23. The third-order valence-electron chi connectivity index (χ3n) is 3.42. The molecule has 1 atom stereocenters. The van der Waals surface area contributed by atoms with Gasteiger partial charge >= 0.3 is 0 Å². The van der Waals surface area contributed by atoms with Gasteiger partial charge in [0, 0.05) is 11.6 Å². The predicted octanol–water partition coefficient (Wildman–Crippen LogP) is 3.47. The Kier molecular flexibility index (Phi) is 3.88. The zero-order valence-electron chi connectivity index (χ0n) is 11.8. The van der Waals surface area contributed by atoms with Crippen LogP contribution in [-0.2, 0) is 0 Å². The van der Waals surface area contributed by atoms with Crippen LogP contribution in [0.5, 0.6) is 0 Å². The van der Waals surface area contributed by atoms with Crippen molar-refractivity contribution in [2.45, 2.75) is 13.0 Å². The van der Waals surface area contributed by atoms with Crippen LogP contribution in [-0.4, -0.2) is 16.5 Å². The van der Waals surface area contributed by atoms with Crippen LogP contribution >= 0.6 is 0 Å². The van der Waals surface area contributed by atoms with E-state index in [0.29, 0.717) is 0 Å². The van der Waals surface area contributed by atoms with E-state index in [9.17, 15) is 4.39 Å². The van der Waals surface area contributed by atoms with E-state index in [4.69, 9.17) is 0 Å². The van der Waals surface area contributed by atoms with Crippen LogP contribution in [0.2, 0.25) is 0 Å². The maximum Gasteiger partial charge on any atom is 0.141 e. The molecule has 0 bridgehead atoms. The van der Waals surface area contributed by atoms with Crippen molar-refractivity contribution >= 4 is 10.9 Å². The first-order chi connectivity index (χ1) is 10.3. The molecule has 1 unspecified atom stereocenters. The first kappa shape index (κ1) is 13.6. The van der Waals surface area contributed by atoms with Crippen molar-refractivity contribution in [3.8, 4) is 0 Å². The lowest BCUT2D eigenvalue weighted by Crippen LogP contribution is -2.23. The van der Waals surface area contributed by atoms with Crippen LogP contribution in [0.25, 0.3) is 10.9 Å². The van der Waals surface area contributed by atoms with E-state index in [-0.39, 0.29) is 11.9 Å². The average molecular weight is 281 g/mol. The topological polar surface area (TPSA) is 37.8 Å². The van der Waals surface area contributed by atoms with Gasteiger partial charge in [0.05, 0.1) is 23.4 Å². The van der Waals surface area contributed by atoms with Gasteiger partial charge in [-0.05, 0) is 36.4 Å². The summed E-state index contributed by atoms with van der Waals surface area (Å²) in [5.41, 5.74) is 2.82. The van der Waals surface area contributed by atoms with Gasteiger partial charge in [0.15, 0.2) is 0 Å². The SMILES string of the molecule is CCNC(c1ccc2cccnc2c1)c1ccc(F)cn1. The molecule has 0 radical (unpaired) electrons. The molecular formula is C17H16FN3. The van der Waals surface area contributed by atoms with Crippen molar-refractivity contribution in [2.24, 2.45) is 0 Å². The third kappa shape index (κ3) is 2.90. The summed E-state index contributed by atoms with van der Waals surface area (Å²) in [5, 5.41) is 4.49. The zero-order chi connectivity index (χ0) is 14.7. The fraction of sp³-hybridized carbons (Fsp3) is 0.176. The largest absolute Gasteiger partial charge is 0.305 e. The van der Waals surface area contributed by atoms with Gasteiger partial charge in [-0.1, -0.05) is 25.1 Å². The van der Waals surface area contributed by atoms with Crippen LogP contribution in [0.4, 0.5) is 4.39 Å². The highest BCUT2D eigenvalue weighted by Gasteiger charge is 2.15. The molecule has 3 aromatic rings. The van der Waals surface area contributed by atoms with E-state index < -0.39 is 0 Å². The molecule has 2 aromatic heterocycles. The van der Waals surface area contributed by atoms with Crippen LogP contribution in [0.3, 0.4) is 0 Å². The van der Waals surface area contributed by atoms with E-state index in [1.54, 1.807) is 12.3 Å². The van der Waals surface area contributed by atoms with E-state index in [1.807, 2.05) is 31.2 Å². The second kappa shape index (κ2) is 5.97. The molecule has 1 aromatic carbocycles. The molecule has 0 aliphatic heterocycles. The lowest BCUT2D eigenvalue weighted by Gasteiger charge is -2.18. The van der Waals surface area contributed by atoms with Gasteiger partial charge in [-0.25, -0.2) is 4.39 Å². The number of nitrogens with zero attached hydrogens (tertiary/aromatic N) is 2. The zero-order valence-corrected chi connectivity index (χ0v) is 11.8. The standard InChI is InChI=1S/C17H16FN3/c1-2-19-17(15-8-7-14(18)11-21-15)13-6-5-12-4-3-9-20-16(12)10-13/h3-11,17,19H,2H2,1H3. The van der Waals surface area contributed by atoms with Crippen molar-refractivity contribution in [3.63, 3.8) is 0 Å². The van der Waals surface area contributed by atoms with Crippen molar-refractivity contribution in [2.75, 3.05) is 6.54 Å². The minimum absolute atomic E-state index is 0.0676. The highest BCUT2D eigenvalue weighted by atomic mass is 19.1. The van der Waals surface area contributed by atoms with Crippen LogP contribution in [0.1, 0.15) is 24.2 Å². The summed E-state index contributed by atoms with van der Waals surface area (Å²) in [6, 6.07) is 13.2. The van der Waals surface area contributed by atoms with E-state index >= 15 is 0 Å². The van der Waals surface area contributed by atoms with Crippen LogP contribution < -0.4 is 5.32 Å². The Morgan fingerprint density at radius 1 is 1.14 bits per heavy atom. The summed E-state index contributed by atoms with van der Waals surface area (Å²) in [6.45, 7) is 2.83. The van der Waals surface area contributed by atoms with Gasteiger partial charge in [-0.3, -0.25) is 9.97 Å². The molecular weight excluding hydrogens is 265 g/mol. The van der Waals surface area contributed by atoms with Crippen molar-refractivity contribution in [3.05, 3.63) is 71.9 Å². The molecule has 2 heterocycles. The number of halogens is 1. The summed E-state index contributed by atoms with van der Waals surface area (Å²) in [4.78, 5) is 8.58. The Morgan fingerprint density at radius 2 is 2.05 bits per heavy atom. The molecule has 3 rings (SSSR count). The predicted molar refractivity (Wildman–Crippen MR) is 81.5 cm³/mol. The van der Waals surface area contributed by atoms with Gasteiger partial charge in [-0.15, -0.1) is 0 Å². The second-order valence-corrected chi connectivity index (χ2v) is 4.85. The number of nitrogens with one attached hydrogen (secondary N) is 1. The molecule has 0 amide bonds. The highest BCUT2D eigenvalue weighted by molar-refractivity contribution is 5.79. The Hall–Kier alpha value is -2.33. The molecule has 3 nitrogen and oxygen atoms in total. The monoisotopic (exact) mass is 281 g/mol. The van der Waals surface area contributed by atoms with Gasteiger partial charge in [0.1, 0.15) is 5.82 Å². The number of pyridine rings is 2. The first-order valence-electron chi connectivity index (χ1n) is 6.97. The molecule has 106 valence electrons. The maximum absolute atomic E-state index is 13.1. The summed E-state index contributed by atoms with van der Waals surface area (Å²) >= 11 is 0. The average Bonchev–Trinajstić information content (AvgIpc) is 2.53. The normalized spacial score (nSPS) is 12.5. The Morgan fingerprint density at radius 3 is 2.81 bits per heavy atom.